The monoisotopic (exact) mass is 256 g/mol. The molecule has 6 heteroatoms. The van der Waals surface area contributed by atoms with E-state index < -0.39 is 5.97 Å². The molecule has 1 atom stereocenters. The number of carbonyl (C=O) groups is 2. The van der Waals surface area contributed by atoms with Crippen molar-refractivity contribution in [1.82, 2.24) is 9.80 Å². The molecule has 2 amide bonds. The highest BCUT2D eigenvalue weighted by Gasteiger charge is 2.27. The molecule has 0 aliphatic carbocycles. The highest BCUT2D eigenvalue weighted by molar-refractivity contribution is 5.80. The van der Waals surface area contributed by atoms with Crippen molar-refractivity contribution in [3.05, 3.63) is 12.7 Å². The number of hydrogen-bond acceptors (Lipinski definition) is 3. The van der Waals surface area contributed by atoms with Crippen molar-refractivity contribution < 1.29 is 19.4 Å². The number of ether oxygens (including phenoxy) is 1. The average Bonchev–Trinajstić information content (AvgIpc) is 2.37. The number of nitrogens with zero attached hydrogens (tertiary/aromatic N) is 2. The van der Waals surface area contributed by atoms with Crippen LogP contribution in [-0.2, 0) is 9.53 Å². The molecule has 6 nitrogen and oxygen atoms in total. The first-order chi connectivity index (χ1) is 8.58. The largest absolute Gasteiger partial charge is 0.480 e. The van der Waals surface area contributed by atoms with Gasteiger partial charge in [0.2, 0.25) is 0 Å². The maximum absolute atomic E-state index is 12.2. The van der Waals surface area contributed by atoms with Gasteiger partial charge in [-0.3, -0.25) is 4.79 Å². The Labute approximate surface area is 107 Å². The SMILES string of the molecule is C=CCN(CC(=O)O)C(=O)N1CCOC(CC)C1. The summed E-state index contributed by atoms with van der Waals surface area (Å²) < 4.78 is 5.48. The predicted octanol–water partition coefficient (Wildman–Crippen LogP) is 0.790. The van der Waals surface area contributed by atoms with Gasteiger partial charge in [-0.2, -0.15) is 0 Å². The molecule has 0 bridgehead atoms. The van der Waals surface area contributed by atoms with E-state index >= 15 is 0 Å². The smallest absolute Gasteiger partial charge is 0.323 e. The van der Waals surface area contributed by atoms with Crippen molar-refractivity contribution >= 4 is 12.0 Å². The van der Waals surface area contributed by atoms with Crippen LogP contribution in [0.5, 0.6) is 0 Å². The third-order valence-corrected chi connectivity index (χ3v) is 2.81. The minimum Gasteiger partial charge on any atom is -0.480 e. The van der Waals surface area contributed by atoms with Crippen LogP contribution in [0.4, 0.5) is 4.79 Å². The van der Waals surface area contributed by atoms with Crippen LogP contribution in [0.3, 0.4) is 0 Å². The number of carbonyl (C=O) groups excluding carboxylic acids is 1. The molecule has 0 radical (unpaired) electrons. The fourth-order valence-corrected chi connectivity index (χ4v) is 1.87. The average molecular weight is 256 g/mol. The Hall–Kier alpha value is -1.56. The third-order valence-electron chi connectivity index (χ3n) is 2.81. The third kappa shape index (κ3) is 4.03. The molecular weight excluding hydrogens is 236 g/mol. The molecule has 18 heavy (non-hydrogen) atoms. The minimum atomic E-state index is -1.02. The van der Waals surface area contributed by atoms with Crippen molar-refractivity contribution in [3.63, 3.8) is 0 Å². The summed E-state index contributed by atoms with van der Waals surface area (Å²) >= 11 is 0. The summed E-state index contributed by atoms with van der Waals surface area (Å²) in [7, 11) is 0. The van der Waals surface area contributed by atoms with Gasteiger partial charge in [0.1, 0.15) is 6.54 Å². The molecule has 0 aromatic carbocycles. The lowest BCUT2D eigenvalue weighted by molar-refractivity contribution is -0.137. The van der Waals surface area contributed by atoms with Gasteiger partial charge in [0, 0.05) is 19.6 Å². The van der Waals surface area contributed by atoms with Crippen molar-refractivity contribution in [2.45, 2.75) is 19.4 Å². The number of carboxylic acid groups (broad SMARTS) is 1. The normalized spacial score (nSPS) is 19.4. The Morgan fingerprint density at radius 3 is 2.89 bits per heavy atom. The Morgan fingerprint density at radius 1 is 1.61 bits per heavy atom. The topological polar surface area (TPSA) is 70.1 Å². The van der Waals surface area contributed by atoms with Crippen molar-refractivity contribution in [3.8, 4) is 0 Å². The van der Waals surface area contributed by atoms with Crippen molar-refractivity contribution in [2.24, 2.45) is 0 Å². The molecule has 0 aromatic rings. The Kier molecular flexibility index (Phi) is 5.64. The van der Waals surface area contributed by atoms with Gasteiger partial charge in [-0.25, -0.2) is 4.79 Å². The van der Waals surface area contributed by atoms with Gasteiger partial charge in [-0.15, -0.1) is 6.58 Å². The first kappa shape index (κ1) is 14.5. The summed E-state index contributed by atoms with van der Waals surface area (Å²) in [6, 6.07) is -0.265. The zero-order valence-electron chi connectivity index (χ0n) is 10.7. The van der Waals surface area contributed by atoms with Gasteiger partial charge in [-0.1, -0.05) is 13.0 Å². The number of amides is 2. The number of urea groups is 1. The van der Waals surface area contributed by atoms with Crippen molar-refractivity contribution in [1.29, 1.82) is 0 Å². The number of rotatable bonds is 5. The number of morpholine rings is 1. The Balaban J connectivity index is 2.63. The van der Waals surface area contributed by atoms with Crippen LogP contribution in [0.25, 0.3) is 0 Å². The van der Waals surface area contributed by atoms with Gasteiger partial charge in [-0.05, 0) is 6.42 Å². The summed E-state index contributed by atoms with van der Waals surface area (Å²) in [5.41, 5.74) is 0. The number of carboxylic acids is 1. The molecule has 1 saturated heterocycles. The quantitative estimate of drug-likeness (QED) is 0.738. The van der Waals surface area contributed by atoms with Crippen LogP contribution in [0.15, 0.2) is 12.7 Å². The fraction of sp³-hybridized carbons (Fsp3) is 0.667. The molecule has 0 saturated carbocycles. The second kappa shape index (κ2) is 7.00. The molecule has 1 heterocycles. The van der Waals surface area contributed by atoms with E-state index in [1.54, 1.807) is 4.90 Å². The van der Waals surface area contributed by atoms with Crippen LogP contribution in [0, 0.1) is 0 Å². The molecule has 1 rings (SSSR count). The summed E-state index contributed by atoms with van der Waals surface area (Å²) in [4.78, 5) is 25.8. The van der Waals surface area contributed by atoms with Gasteiger partial charge in [0.05, 0.1) is 12.7 Å². The second-order valence-corrected chi connectivity index (χ2v) is 4.19. The van der Waals surface area contributed by atoms with E-state index in [0.29, 0.717) is 19.7 Å². The van der Waals surface area contributed by atoms with Crippen LogP contribution in [0.2, 0.25) is 0 Å². The lowest BCUT2D eigenvalue weighted by Crippen LogP contribution is -2.51. The number of aliphatic carboxylic acids is 1. The van der Waals surface area contributed by atoms with Gasteiger partial charge >= 0.3 is 12.0 Å². The first-order valence-electron chi connectivity index (χ1n) is 6.06. The molecular formula is C12H20N2O4. The molecule has 1 unspecified atom stereocenters. The molecule has 1 aliphatic rings. The van der Waals surface area contributed by atoms with E-state index in [1.807, 2.05) is 6.92 Å². The molecule has 0 spiro atoms. The Morgan fingerprint density at radius 2 is 2.33 bits per heavy atom. The van der Waals surface area contributed by atoms with E-state index in [0.717, 1.165) is 6.42 Å². The van der Waals surface area contributed by atoms with E-state index in [2.05, 4.69) is 6.58 Å². The summed E-state index contributed by atoms with van der Waals surface area (Å²) in [6.45, 7) is 6.98. The molecule has 0 aromatic heterocycles. The highest BCUT2D eigenvalue weighted by Crippen LogP contribution is 2.10. The summed E-state index contributed by atoms with van der Waals surface area (Å²) in [5, 5.41) is 8.78. The van der Waals surface area contributed by atoms with Crippen molar-refractivity contribution in [2.75, 3.05) is 32.8 Å². The first-order valence-corrected chi connectivity index (χ1v) is 6.06. The van der Waals surface area contributed by atoms with Crippen LogP contribution in [-0.4, -0.2) is 65.8 Å². The number of hydrogen-bond donors (Lipinski definition) is 1. The molecule has 1 N–H and O–H groups in total. The van der Waals surface area contributed by atoms with Crippen LogP contribution in [0.1, 0.15) is 13.3 Å². The highest BCUT2D eigenvalue weighted by atomic mass is 16.5. The molecule has 1 aliphatic heterocycles. The lowest BCUT2D eigenvalue weighted by atomic mass is 10.2. The maximum atomic E-state index is 12.2. The zero-order valence-corrected chi connectivity index (χ0v) is 10.7. The van der Waals surface area contributed by atoms with E-state index in [4.69, 9.17) is 9.84 Å². The minimum absolute atomic E-state index is 0.0399. The maximum Gasteiger partial charge on any atom is 0.323 e. The van der Waals surface area contributed by atoms with Crippen LogP contribution < -0.4 is 0 Å². The lowest BCUT2D eigenvalue weighted by Gasteiger charge is -2.35. The Bertz CT molecular complexity index is 319. The van der Waals surface area contributed by atoms with E-state index in [1.165, 1.54) is 11.0 Å². The summed E-state index contributed by atoms with van der Waals surface area (Å²) in [5.74, 6) is -1.02. The van der Waals surface area contributed by atoms with Gasteiger partial charge < -0.3 is 19.6 Å². The standard InChI is InChI=1S/C12H20N2O4/c1-3-5-13(9-11(15)16)12(17)14-6-7-18-10(4-2)8-14/h3,10H,1,4-9H2,2H3,(H,15,16). The fourth-order valence-electron chi connectivity index (χ4n) is 1.87. The van der Waals surface area contributed by atoms with Crippen LogP contribution >= 0.6 is 0 Å². The predicted molar refractivity (Wildman–Crippen MR) is 66.4 cm³/mol. The van der Waals surface area contributed by atoms with E-state index in [-0.39, 0.29) is 25.2 Å². The van der Waals surface area contributed by atoms with Gasteiger partial charge in [0.25, 0.3) is 0 Å². The molecule has 1 fully saturated rings. The zero-order chi connectivity index (χ0) is 13.5. The summed E-state index contributed by atoms with van der Waals surface area (Å²) in [6.07, 6.45) is 2.40. The molecule has 102 valence electrons. The second-order valence-electron chi connectivity index (χ2n) is 4.19. The van der Waals surface area contributed by atoms with E-state index in [9.17, 15) is 9.59 Å². The van der Waals surface area contributed by atoms with Gasteiger partial charge in [0.15, 0.2) is 0 Å².